The van der Waals surface area contributed by atoms with E-state index in [1.807, 2.05) is 18.2 Å². The zero-order valence-electron chi connectivity index (χ0n) is 9.65. The van der Waals surface area contributed by atoms with E-state index in [9.17, 15) is 4.79 Å². The summed E-state index contributed by atoms with van der Waals surface area (Å²) in [6.07, 6.45) is 2.12. The van der Waals surface area contributed by atoms with Crippen LogP contribution in [0.3, 0.4) is 0 Å². The summed E-state index contributed by atoms with van der Waals surface area (Å²) in [7, 11) is 0. The Hall–Kier alpha value is -1.74. The molecule has 0 radical (unpaired) electrons. The molecule has 0 saturated heterocycles. The summed E-state index contributed by atoms with van der Waals surface area (Å²) in [5.41, 5.74) is 0.796. The van der Waals surface area contributed by atoms with Crippen molar-refractivity contribution < 1.29 is 9.21 Å². The molecule has 1 aromatic carbocycles. The van der Waals surface area contributed by atoms with E-state index in [0.29, 0.717) is 22.6 Å². The molecule has 3 rings (SSSR count). The third-order valence-electron chi connectivity index (χ3n) is 2.88. The van der Waals surface area contributed by atoms with Crippen LogP contribution in [-0.2, 0) is 0 Å². The molecule has 18 heavy (non-hydrogen) atoms. The number of rotatable bonds is 3. The minimum absolute atomic E-state index is 0.157. The van der Waals surface area contributed by atoms with E-state index in [4.69, 9.17) is 16.0 Å². The lowest BCUT2D eigenvalue weighted by Gasteiger charge is -2.01. The van der Waals surface area contributed by atoms with E-state index in [-0.39, 0.29) is 5.91 Å². The van der Waals surface area contributed by atoms with E-state index in [2.05, 4.69) is 5.32 Å². The Morgan fingerprint density at radius 3 is 2.72 bits per heavy atom. The van der Waals surface area contributed by atoms with Crippen molar-refractivity contribution in [1.29, 1.82) is 0 Å². The van der Waals surface area contributed by atoms with Gasteiger partial charge in [0.2, 0.25) is 0 Å². The van der Waals surface area contributed by atoms with Gasteiger partial charge in [-0.2, -0.15) is 0 Å². The second kappa shape index (κ2) is 4.50. The predicted octanol–water partition coefficient (Wildman–Crippen LogP) is 3.49. The molecule has 1 aromatic heterocycles. The Labute approximate surface area is 110 Å². The van der Waals surface area contributed by atoms with E-state index in [1.54, 1.807) is 18.2 Å². The molecule has 1 heterocycles. The highest BCUT2D eigenvalue weighted by Gasteiger charge is 2.25. The van der Waals surface area contributed by atoms with Gasteiger partial charge in [-0.15, -0.1) is 0 Å². The smallest absolute Gasteiger partial charge is 0.287 e. The van der Waals surface area contributed by atoms with Crippen LogP contribution in [0.15, 0.2) is 40.8 Å². The number of benzene rings is 1. The summed E-state index contributed by atoms with van der Waals surface area (Å²) < 4.78 is 5.54. The number of amides is 1. The standard InChI is InChI=1S/C14H12ClNO2/c15-11-4-2-1-3-10(11)12-7-8-13(18-12)14(17)16-9-5-6-9/h1-4,7-9H,5-6H2,(H,16,17). The van der Waals surface area contributed by atoms with Crippen LogP contribution >= 0.6 is 11.6 Å². The first-order valence-electron chi connectivity index (χ1n) is 5.89. The molecule has 0 atom stereocenters. The third kappa shape index (κ3) is 2.27. The summed E-state index contributed by atoms with van der Waals surface area (Å²) in [5.74, 6) is 0.786. The van der Waals surface area contributed by atoms with Crippen molar-refractivity contribution in [3.63, 3.8) is 0 Å². The number of halogens is 1. The molecule has 4 heteroatoms. The van der Waals surface area contributed by atoms with Gasteiger partial charge in [-0.1, -0.05) is 23.7 Å². The van der Waals surface area contributed by atoms with Crippen LogP contribution in [0.2, 0.25) is 5.02 Å². The molecule has 1 aliphatic rings. The van der Waals surface area contributed by atoms with Crippen LogP contribution in [0.25, 0.3) is 11.3 Å². The fourth-order valence-corrected chi connectivity index (χ4v) is 1.98. The summed E-state index contributed by atoms with van der Waals surface area (Å²) in [5, 5.41) is 3.50. The lowest BCUT2D eigenvalue weighted by molar-refractivity contribution is 0.0924. The minimum Gasteiger partial charge on any atom is -0.451 e. The van der Waals surface area contributed by atoms with Gasteiger partial charge in [-0.25, -0.2) is 0 Å². The Bertz CT molecular complexity index is 587. The molecule has 1 amide bonds. The summed E-state index contributed by atoms with van der Waals surface area (Å²) in [4.78, 5) is 11.8. The normalized spacial score (nSPS) is 14.5. The molecule has 0 spiro atoms. The van der Waals surface area contributed by atoms with E-state index in [0.717, 1.165) is 18.4 Å². The molecule has 0 aliphatic heterocycles. The first kappa shape index (κ1) is 11.4. The van der Waals surface area contributed by atoms with Gasteiger partial charge in [-0.3, -0.25) is 4.79 Å². The molecular formula is C14H12ClNO2. The molecule has 0 bridgehead atoms. The largest absolute Gasteiger partial charge is 0.451 e. The second-order valence-corrected chi connectivity index (χ2v) is 4.80. The summed E-state index contributed by atoms with van der Waals surface area (Å²) >= 11 is 6.08. The SMILES string of the molecule is O=C(NC1CC1)c1ccc(-c2ccccc2Cl)o1. The number of nitrogens with one attached hydrogen (secondary N) is 1. The van der Waals surface area contributed by atoms with Gasteiger partial charge in [0.05, 0.1) is 5.02 Å². The van der Waals surface area contributed by atoms with Gasteiger partial charge in [0.1, 0.15) is 5.76 Å². The maximum absolute atomic E-state index is 11.8. The van der Waals surface area contributed by atoms with Crippen molar-refractivity contribution in [2.75, 3.05) is 0 Å². The number of hydrogen-bond acceptors (Lipinski definition) is 2. The highest BCUT2D eigenvalue weighted by Crippen LogP contribution is 2.29. The molecule has 0 unspecified atom stereocenters. The van der Waals surface area contributed by atoms with Gasteiger partial charge in [0, 0.05) is 11.6 Å². The molecule has 3 nitrogen and oxygen atoms in total. The topological polar surface area (TPSA) is 42.2 Å². The fourth-order valence-electron chi connectivity index (χ4n) is 1.75. The molecule has 1 N–H and O–H groups in total. The molecular weight excluding hydrogens is 250 g/mol. The Morgan fingerprint density at radius 1 is 1.22 bits per heavy atom. The van der Waals surface area contributed by atoms with Crippen molar-refractivity contribution in [3.05, 3.63) is 47.2 Å². The van der Waals surface area contributed by atoms with Crippen LogP contribution < -0.4 is 5.32 Å². The van der Waals surface area contributed by atoms with Crippen LogP contribution in [0, 0.1) is 0 Å². The van der Waals surface area contributed by atoms with Crippen LogP contribution in [-0.4, -0.2) is 11.9 Å². The molecule has 1 saturated carbocycles. The maximum atomic E-state index is 11.8. The van der Waals surface area contributed by atoms with Gasteiger partial charge in [-0.05, 0) is 37.1 Å². The van der Waals surface area contributed by atoms with E-state index >= 15 is 0 Å². The van der Waals surface area contributed by atoms with Crippen LogP contribution in [0.4, 0.5) is 0 Å². The molecule has 92 valence electrons. The monoisotopic (exact) mass is 261 g/mol. The van der Waals surface area contributed by atoms with Gasteiger partial charge >= 0.3 is 0 Å². The third-order valence-corrected chi connectivity index (χ3v) is 3.21. The van der Waals surface area contributed by atoms with Crippen molar-refractivity contribution >= 4 is 17.5 Å². The Kier molecular flexibility index (Phi) is 2.84. The summed E-state index contributed by atoms with van der Waals surface area (Å²) in [6, 6.07) is 11.2. The van der Waals surface area contributed by atoms with Gasteiger partial charge in [0.15, 0.2) is 5.76 Å². The summed E-state index contributed by atoms with van der Waals surface area (Å²) in [6.45, 7) is 0. The van der Waals surface area contributed by atoms with Crippen LogP contribution in [0.1, 0.15) is 23.4 Å². The van der Waals surface area contributed by atoms with Crippen molar-refractivity contribution in [1.82, 2.24) is 5.32 Å². The fraction of sp³-hybridized carbons (Fsp3) is 0.214. The number of carbonyl (C=O) groups is 1. The van der Waals surface area contributed by atoms with Crippen molar-refractivity contribution in [2.24, 2.45) is 0 Å². The zero-order chi connectivity index (χ0) is 12.5. The molecule has 2 aromatic rings. The Morgan fingerprint density at radius 2 is 2.00 bits per heavy atom. The van der Waals surface area contributed by atoms with Gasteiger partial charge in [0.25, 0.3) is 5.91 Å². The quantitative estimate of drug-likeness (QED) is 0.919. The Balaban J connectivity index is 1.84. The minimum atomic E-state index is -0.157. The number of carbonyl (C=O) groups excluding carboxylic acids is 1. The molecule has 1 fully saturated rings. The second-order valence-electron chi connectivity index (χ2n) is 4.39. The van der Waals surface area contributed by atoms with Gasteiger partial charge < -0.3 is 9.73 Å². The van der Waals surface area contributed by atoms with Crippen molar-refractivity contribution in [2.45, 2.75) is 18.9 Å². The number of furan rings is 1. The first-order valence-corrected chi connectivity index (χ1v) is 6.27. The van der Waals surface area contributed by atoms with E-state index in [1.165, 1.54) is 0 Å². The van der Waals surface area contributed by atoms with Crippen LogP contribution in [0.5, 0.6) is 0 Å². The highest BCUT2D eigenvalue weighted by molar-refractivity contribution is 6.33. The average Bonchev–Trinajstić information content (AvgIpc) is 3.04. The first-order chi connectivity index (χ1) is 8.74. The lowest BCUT2D eigenvalue weighted by atomic mass is 10.2. The lowest BCUT2D eigenvalue weighted by Crippen LogP contribution is -2.24. The number of hydrogen-bond donors (Lipinski definition) is 1. The highest BCUT2D eigenvalue weighted by atomic mass is 35.5. The predicted molar refractivity (Wildman–Crippen MR) is 69.6 cm³/mol. The zero-order valence-corrected chi connectivity index (χ0v) is 10.4. The van der Waals surface area contributed by atoms with Crippen molar-refractivity contribution in [3.8, 4) is 11.3 Å². The molecule has 1 aliphatic carbocycles. The average molecular weight is 262 g/mol. The van der Waals surface area contributed by atoms with E-state index < -0.39 is 0 Å². The maximum Gasteiger partial charge on any atom is 0.287 e.